The van der Waals surface area contributed by atoms with Crippen molar-refractivity contribution in [3.63, 3.8) is 0 Å². The predicted octanol–water partition coefficient (Wildman–Crippen LogP) is 5.15. The van der Waals surface area contributed by atoms with Crippen LogP contribution in [0, 0.1) is 0 Å². The van der Waals surface area contributed by atoms with Crippen molar-refractivity contribution < 1.29 is 9.59 Å². The molecule has 6 nitrogen and oxygen atoms in total. The molecule has 2 amide bonds. The summed E-state index contributed by atoms with van der Waals surface area (Å²) in [6, 6.07) is 15.3. The molecule has 0 bridgehead atoms. The Kier molecular flexibility index (Phi) is 7.65. The maximum Gasteiger partial charge on any atom is 0.273 e. The molecule has 0 spiro atoms. The van der Waals surface area contributed by atoms with Gasteiger partial charge < -0.3 is 9.80 Å². The van der Waals surface area contributed by atoms with E-state index in [1.165, 1.54) is 11.3 Å². The van der Waals surface area contributed by atoms with E-state index in [4.69, 9.17) is 23.2 Å². The van der Waals surface area contributed by atoms with E-state index in [1.54, 1.807) is 11.8 Å². The zero-order valence-corrected chi connectivity index (χ0v) is 22.0. The van der Waals surface area contributed by atoms with Crippen LogP contribution < -0.4 is 0 Å². The van der Waals surface area contributed by atoms with Gasteiger partial charge in [-0.1, -0.05) is 59.6 Å². The molecule has 2 aromatic carbocycles. The van der Waals surface area contributed by atoms with E-state index in [1.807, 2.05) is 63.7 Å². The minimum absolute atomic E-state index is 0.0253. The molecule has 0 radical (unpaired) electrons. The Morgan fingerprint density at radius 2 is 1.69 bits per heavy atom. The fourth-order valence-corrected chi connectivity index (χ4v) is 7.18. The van der Waals surface area contributed by atoms with Gasteiger partial charge in [0, 0.05) is 65.8 Å². The first kappa shape index (κ1) is 24.6. The number of nitrogens with zero attached hydrogens (tertiary/aromatic N) is 4. The third kappa shape index (κ3) is 5.37. The number of hydrogen-bond donors (Lipinski definition) is 0. The molecule has 2 fully saturated rings. The first-order valence-electron chi connectivity index (χ1n) is 11.4. The van der Waals surface area contributed by atoms with Crippen molar-refractivity contribution in [1.29, 1.82) is 0 Å². The molecule has 0 N–H and O–H groups in total. The summed E-state index contributed by atoms with van der Waals surface area (Å²) in [5, 5.41) is 3.69. The summed E-state index contributed by atoms with van der Waals surface area (Å²) in [4.78, 5) is 36.2. The molecule has 10 heteroatoms. The second-order valence-electron chi connectivity index (χ2n) is 8.42. The number of amides is 2. The molecule has 0 saturated carbocycles. The van der Waals surface area contributed by atoms with Gasteiger partial charge in [0.05, 0.1) is 5.75 Å². The fourth-order valence-electron chi connectivity index (χ4n) is 4.35. The molecule has 2 aliphatic heterocycles. The van der Waals surface area contributed by atoms with Crippen LogP contribution in [-0.2, 0) is 4.79 Å². The van der Waals surface area contributed by atoms with Crippen LogP contribution in [0.25, 0.3) is 10.6 Å². The van der Waals surface area contributed by atoms with Crippen molar-refractivity contribution >= 4 is 58.1 Å². The molecule has 1 aromatic heterocycles. The normalized spacial score (nSPS) is 18.9. The Hall–Kier alpha value is -2.10. The standard InChI is InChI=1S/C25H24Cl2N4O2S2/c26-18-7-4-8-19(27)22(18)25-31(21(32)16-35-25)14-11-29-9-12-30(13-10-29)24(33)20-15-34-23(28-20)17-5-2-1-3-6-17/h1-8,15,25H,9-14,16H2. The third-order valence-electron chi connectivity index (χ3n) is 6.28. The third-order valence-corrected chi connectivity index (χ3v) is 9.05. The zero-order chi connectivity index (χ0) is 24.4. The molecule has 2 aliphatic rings. The summed E-state index contributed by atoms with van der Waals surface area (Å²) in [7, 11) is 0. The number of aromatic nitrogens is 1. The molecule has 5 rings (SSSR count). The molecule has 1 atom stereocenters. The van der Waals surface area contributed by atoms with Gasteiger partial charge in [-0.25, -0.2) is 4.98 Å². The smallest absolute Gasteiger partial charge is 0.273 e. The maximum atomic E-state index is 13.0. The van der Waals surface area contributed by atoms with Gasteiger partial charge in [0.25, 0.3) is 5.91 Å². The summed E-state index contributed by atoms with van der Waals surface area (Å²) < 4.78 is 0. The van der Waals surface area contributed by atoms with Crippen LogP contribution in [0.5, 0.6) is 0 Å². The van der Waals surface area contributed by atoms with Crippen LogP contribution in [0.4, 0.5) is 0 Å². The lowest BCUT2D eigenvalue weighted by Gasteiger charge is -2.36. The monoisotopic (exact) mass is 546 g/mol. The second-order valence-corrected chi connectivity index (χ2v) is 11.2. The molecule has 0 aliphatic carbocycles. The summed E-state index contributed by atoms with van der Waals surface area (Å²) in [6.07, 6.45) is 0. The van der Waals surface area contributed by atoms with Crippen LogP contribution in [-0.4, -0.2) is 76.5 Å². The number of carbonyl (C=O) groups is 2. The number of thioether (sulfide) groups is 1. The Morgan fingerprint density at radius 3 is 2.40 bits per heavy atom. The topological polar surface area (TPSA) is 56.8 Å². The molecule has 3 aromatic rings. The van der Waals surface area contributed by atoms with Crippen LogP contribution in [0.2, 0.25) is 10.0 Å². The number of halogens is 2. The number of benzene rings is 2. The largest absolute Gasteiger partial charge is 0.335 e. The molecule has 1 unspecified atom stereocenters. The van der Waals surface area contributed by atoms with Gasteiger partial charge in [-0.05, 0) is 12.1 Å². The molecule has 182 valence electrons. The highest BCUT2D eigenvalue weighted by atomic mass is 35.5. The Balaban J connectivity index is 1.16. The van der Waals surface area contributed by atoms with E-state index in [9.17, 15) is 9.59 Å². The van der Waals surface area contributed by atoms with Gasteiger partial charge in [0.2, 0.25) is 5.91 Å². The lowest BCUT2D eigenvalue weighted by atomic mass is 10.2. The summed E-state index contributed by atoms with van der Waals surface area (Å²) in [6.45, 7) is 4.13. The van der Waals surface area contributed by atoms with Gasteiger partial charge in [0.1, 0.15) is 16.1 Å². The minimum atomic E-state index is -0.171. The zero-order valence-electron chi connectivity index (χ0n) is 18.9. The van der Waals surface area contributed by atoms with E-state index >= 15 is 0 Å². The quantitative estimate of drug-likeness (QED) is 0.428. The number of carbonyl (C=O) groups excluding carboxylic acids is 2. The molecular formula is C25H24Cl2N4O2S2. The van der Waals surface area contributed by atoms with Crippen molar-refractivity contribution in [2.45, 2.75) is 5.37 Å². The Morgan fingerprint density at radius 1 is 0.971 bits per heavy atom. The van der Waals surface area contributed by atoms with Crippen LogP contribution in [0.3, 0.4) is 0 Å². The van der Waals surface area contributed by atoms with E-state index in [2.05, 4.69) is 9.88 Å². The summed E-state index contributed by atoms with van der Waals surface area (Å²) in [5.41, 5.74) is 2.33. The minimum Gasteiger partial charge on any atom is -0.335 e. The van der Waals surface area contributed by atoms with Crippen LogP contribution >= 0.6 is 46.3 Å². The average molecular weight is 548 g/mol. The lowest BCUT2D eigenvalue weighted by Crippen LogP contribution is -2.50. The number of thiazole rings is 1. The highest BCUT2D eigenvalue weighted by molar-refractivity contribution is 8.00. The predicted molar refractivity (Wildman–Crippen MR) is 143 cm³/mol. The fraction of sp³-hybridized carbons (Fsp3) is 0.320. The van der Waals surface area contributed by atoms with E-state index in [0.717, 1.165) is 35.8 Å². The molecule has 2 saturated heterocycles. The van der Waals surface area contributed by atoms with Crippen molar-refractivity contribution in [3.05, 3.63) is 75.2 Å². The molecule has 35 heavy (non-hydrogen) atoms. The highest BCUT2D eigenvalue weighted by Gasteiger charge is 2.35. The van der Waals surface area contributed by atoms with Crippen LogP contribution in [0.1, 0.15) is 21.4 Å². The van der Waals surface area contributed by atoms with Gasteiger partial charge >= 0.3 is 0 Å². The average Bonchev–Trinajstić information content (AvgIpc) is 3.51. The number of rotatable bonds is 6. The maximum absolute atomic E-state index is 13.0. The van der Waals surface area contributed by atoms with Gasteiger partial charge in [-0.2, -0.15) is 0 Å². The first-order chi connectivity index (χ1) is 17.0. The van der Waals surface area contributed by atoms with Crippen molar-refractivity contribution in [2.24, 2.45) is 0 Å². The van der Waals surface area contributed by atoms with E-state index in [-0.39, 0.29) is 17.2 Å². The second kappa shape index (κ2) is 10.9. The molecule has 3 heterocycles. The van der Waals surface area contributed by atoms with Crippen molar-refractivity contribution in [2.75, 3.05) is 45.0 Å². The van der Waals surface area contributed by atoms with Gasteiger partial charge in [-0.3, -0.25) is 14.5 Å². The van der Waals surface area contributed by atoms with Crippen LogP contribution in [0.15, 0.2) is 53.9 Å². The summed E-state index contributed by atoms with van der Waals surface area (Å²) in [5.74, 6) is 0.498. The Labute approximate surface area is 222 Å². The Bertz CT molecular complexity index is 1190. The SMILES string of the molecule is O=C(c1csc(-c2ccccc2)n1)N1CCN(CCN2C(=O)CSC2c2c(Cl)cccc2Cl)CC1. The number of hydrogen-bond acceptors (Lipinski definition) is 6. The van der Waals surface area contributed by atoms with Crippen molar-refractivity contribution in [3.8, 4) is 10.6 Å². The molecular weight excluding hydrogens is 523 g/mol. The van der Waals surface area contributed by atoms with Crippen molar-refractivity contribution in [1.82, 2.24) is 19.7 Å². The lowest BCUT2D eigenvalue weighted by molar-refractivity contribution is -0.128. The number of piperazine rings is 1. The van der Waals surface area contributed by atoms with E-state index in [0.29, 0.717) is 41.1 Å². The van der Waals surface area contributed by atoms with Gasteiger partial charge in [0.15, 0.2) is 0 Å². The first-order valence-corrected chi connectivity index (χ1v) is 14.1. The van der Waals surface area contributed by atoms with E-state index < -0.39 is 0 Å². The summed E-state index contributed by atoms with van der Waals surface area (Å²) >= 11 is 15.9. The van der Waals surface area contributed by atoms with Gasteiger partial charge in [-0.15, -0.1) is 23.1 Å². The highest BCUT2D eigenvalue weighted by Crippen LogP contribution is 2.44.